The van der Waals surface area contributed by atoms with Crippen LogP contribution < -0.4 is 9.71 Å². The van der Waals surface area contributed by atoms with Gasteiger partial charge >= 0.3 is 0 Å². The van der Waals surface area contributed by atoms with Crippen LogP contribution in [0.1, 0.15) is 46.5 Å². The van der Waals surface area contributed by atoms with Crippen molar-refractivity contribution in [2.75, 3.05) is 38.8 Å². The highest BCUT2D eigenvalue weighted by atomic mass is 32.1. The van der Waals surface area contributed by atoms with Crippen molar-refractivity contribution >= 4 is 43.1 Å². The normalized spacial score (nSPS) is 12.0. The quantitative estimate of drug-likeness (QED) is 0.149. The molecule has 0 saturated heterocycles. The van der Waals surface area contributed by atoms with Crippen molar-refractivity contribution in [3.63, 3.8) is 0 Å². The Balaban J connectivity index is 2.04. The van der Waals surface area contributed by atoms with Crippen LogP contribution in [0.5, 0.6) is 0 Å². The molecule has 0 fully saturated rings. The molecule has 1 aromatic heterocycles. The van der Waals surface area contributed by atoms with Gasteiger partial charge in [0.15, 0.2) is 0 Å². The molecule has 0 bridgehead atoms. The largest absolute Gasteiger partial charge is 0.371 e. The van der Waals surface area contributed by atoms with E-state index in [1.807, 2.05) is 13.0 Å². The third kappa shape index (κ3) is 4.72. The predicted molar refractivity (Wildman–Crippen MR) is 130 cm³/mol. The minimum absolute atomic E-state index is 0.0303. The molecule has 2 aromatic carbocycles. The number of hydrogen-bond acceptors (Lipinski definition) is 4. The molecule has 0 radical (unpaired) electrons. The molecular weight excluding hydrogens is 394 g/mol. The molecule has 0 amide bonds. The fourth-order valence-corrected chi connectivity index (χ4v) is 4.84. The standard InChI is InChI=1S/C24H35N3O2S/c1-6-9-15-26(16-10-7-2)19-11-13-21-23(17-19)30-24-18-20(12-14-22(24)25-21)27(8-3,28-4)29-5/h11-14,17-18H,6-10,15-16H2,1-5H3/q+2. The molecule has 0 aliphatic rings. The van der Waals surface area contributed by atoms with E-state index in [1.165, 1.54) is 36.1 Å². The van der Waals surface area contributed by atoms with Crippen LogP contribution in [0.2, 0.25) is 0 Å². The molecule has 1 heterocycles. The topological polar surface area (TPSA) is 34.6 Å². The molecule has 0 spiro atoms. The van der Waals surface area contributed by atoms with E-state index in [9.17, 15) is 0 Å². The molecule has 162 valence electrons. The van der Waals surface area contributed by atoms with Crippen LogP contribution >= 0.6 is 11.3 Å². The highest BCUT2D eigenvalue weighted by molar-refractivity contribution is 7.24. The molecule has 3 rings (SSSR count). The van der Waals surface area contributed by atoms with Gasteiger partial charge in [-0.25, -0.2) is 4.98 Å². The summed E-state index contributed by atoms with van der Waals surface area (Å²) in [5, 5.41) is 0. The fourth-order valence-electron chi connectivity index (χ4n) is 3.80. The number of quaternary nitrogens is 1. The van der Waals surface area contributed by atoms with Gasteiger partial charge in [0.1, 0.15) is 31.8 Å². The van der Waals surface area contributed by atoms with Crippen LogP contribution in [-0.2, 0) is 9.68 Å². The van der Waals surface area contributed by atoms with Crippen LogP contribution in [-0.4, -0.2) is 38.8 Å². The van der Waals surface area contributed by atoms with Crippen LogP contribution in [0.4, 0.5) is 11.4 Å². The third-order valence-electron chi connectivity index (χ3n) is 5.68. The average molecular weight is 430 g/mol. The van der Waals surface area contributed by atoms with Crippen LogP contribution in [0, 0.1) is 0 Å². The maximum Gasteiger partial charge on any atom is 0.263 e. The van der Waals surface area contributed by atoms with E-state index in [-0.39, 0.29) is 4.81 Å². The highest BCUT2D eigenvalue weighted by Gasteiger charge is 2.32. The summed E-state index contributed by atoms with van der Waals surface area (Å²) in [5.74, 6) is 0. The first-order valence-corrected chi connectivity index (χ1v) is 11.8. The first kappa shape index (κ1) is 22.8. The number of unbranched alkanes of at least 4 members (excludes halogenated alkanes) is 2. The second-order valence-corrected chi connectivity index (χ2v) is 8.65. The number of anilines is 1. The molecule has 0 atom stereocenters. The number of hydroxylamine groups is 2. The summed E-state index contributed by atoms with van der Waals surface area (Å²) in [4.78, 5) is 18.8. The maximum atomic E-state index is 5.68. The minimum atomic E-state index is 0.0303. The van der Waals surface area contributed by atoms with Gasteiger partial charge in [-0.05, 0) is 42.8 Å². The molecule has 0 N–H and O–H groups in total. The Labute approximate surface area is 184 Å². The zero-order chi connectivity index (χ0) is 21.6. The molecule has 3 aromatic rings. The minimum Gasteiger partial charge on any atom is -0.371 e. The van der Waals surface area contributed by atoms with Gasteiger partial charge in [0.05, 0.1) is 6.07 Å². The van der Waals surface area contributed by atoms with Gasteiger partial charge in [0.2, 0.25) is 17.0 Å². The van der Waals surface area contributed by atoms with Crippen molar-refractivity contribution < 1.29 is 9.68 Å². The number of fused-ring (bicyclic) bond motifs is 2. The smallest absolute Gasteiger partial charge is 0.263 e. The lowest BCUT2D eigenvalue weighted by Gasteiger charge is -2.27. The van der Waals surface area contributed by atoms with Crippen molar-refractivity contribution in [3.8, 4) is 0 Å². The molecule has 0 aliphatic heterocycles. The number of benzene rings is 2. The summed E-state index contributed by atoms with van der Waals surface area (Å²) in [7, 11) is 3.35. The fraction of sp³-hybridized carbons (Fsp3) is 0.500. The Kier molecular flexibility index (Phi) is 7.94. The summed E-state index contributed by atoms with van der Waals surface area (Å²) in [6.45, 7) is 9.45. The third-order valence-corrected chi connectivity index (χ3v) is 6.77. The molecule has 30 heavy (non-hydrogen) atoms. The van der Waals surface area contributed by atoms with E-state index < -0.39 is 0 Å². The maximum absolute atomic E-state index is 5.68. The average Bonchev–Trinajstić information content (AvgIpc) is 2.79. The lowest BCUT2D eigenvalue weighted by atomic mass is 10.2. The van der Waals surface area contributed by atoms with Crippen molar-refractivity contribution in [1.82, 2.24) is 9.79 Å². The Bertz CT molecular complexity index is 959. The van der Waals surface area contributed by atoms with Crippen LogP contribution in [0.15, 0.2) is 36.4 Å². The highest BCUT2D eigenvalue weighted by Crippen LogP contribution is 2.33. The van der Waals surface area contributed by atoms with Gasteiger partial charge in [0.25, 0.3) is 9.40 Å². The SMILES string of the molecule is CCCCN(CCCC)c1ccc2nc3ccc([N+](CC)(OC)OC)cc3[s+]c2c1. The van der Waals surface area contributed by atoms with Crippen LogP contribution in [0.25, 0.3) is 20.4 Å². The van der Waals surface area contributed by atoms with Crippen molar-refractivity contribution in [2.45, 2.75) is 46.5 Å². The van der Waals surface area contributed by atoms with Crippen molar-refractivity contribution in [3.05, 3.63) is 36.4 Å². The summed E-state index contributed by atoms with van der Waals surface area (Å²) < 4.78 is 2.34. The molecule has 0 unspecified atom stereocenters. The lowest BCUT2D eigenvalue weighted by molar-refractivity contribution is -0.324. The Morgan fingerprint density at radius 1 is 0.867 bits per heavy atom. The second kappa shape index (κ2) is 10.4. The Morgan fingerprint density at radius 3 is 2.03 bits per heavy atom. The number of rotatable bonds is 11. The van der Waals surface area contributed by atoms with Gasteiger partial charge in [-0.1, -0.05) is 26.7 Å². The Hall–Kier alpha value is -1.86. The summed E-state index contributed by atoms with van der Waals surface area (Å²) in [6, 6.07) is 12.9. The molecule has 5 nitrogen and oxygen atoms in total. The van der Waals surface area contributed by atoms with Gasteiger partial charge in [-0.2, -0.15) is 9.68 Å². The van der Waals surface area contributed by atoms with Gasteiger partial charge in [-0.3, -0.25) is 0 Å². The second-order valence-electron chi connectivity index (χ2n) is 7.57. The summed E-state index contributed by atoms with van der Waals surface area (Å²) in [6.07, 6.45) is 4.86. The molecule has 6 heteroatoms. The van der Waals surface area contributed by atoms with E-state index in [0.717, 1.165) is 34.5 Å². The molecule has 0 aliphatic carbocycles. The van der Waals surface area contributed by atoms with E-state index in [1.54, 1.807) is 25.6 Å². The number of aromatic nitrogens is 1. The first-order chi connectivity index (χ1) is 14.6. The predicted octanol–water partition coefficient (Wildman–Crippen LogP) is 6.59. The van der Waals surface area contributed by atoms with E-state index in [0.29, 0.717) is 6.54 Å². The number of nitrogens with zero attached hydrogens (tertiary/aromatic N) is 3. The van der Waals surface area contributed by atoms with Gasteiger partial charge < -0.3 is 4.90 Å². The Morgan fingerprint density at radius 2 is 1.47 bits per heavy atom. The van der Waals surface area contributed by atoms with Gasteiger partial charge in [-0.15, -0.1) is 0 Å². The number of hydrogen-bond donors (Lipinski definition) is 0. The van der Waals surface area contributed by atoms with Crippen molar-refractivity contribution in [2.24, 2.45) is 0 Å². The first-order valence-electron chi connectivity index (χ1n) is 11.0. The molecular formula is C24H35N3O2S+2. The monoisotopic (exact) mass is 429 g/mol. The van der Waals surface area contributed by atoms with E-state index in [2.05, 4.69) is 49.1 Å². The summed E-state index contributed by atoms with van der Waals surface area (Å²) >= 11 is 1.78. The molecule has 0 saturated carbocycles. The van der Waals surface area contributed by atoms with Gasteiger partial charge in [0, 0.05) is 30.9 Å². The van der Waals surface area contributed by atoms with E-state index in [4.69, 9.17) is 14.7 Å². The summed E-state index contributed by atoms with van der Waals surface area (Å²) in [5.41, 5.74) is 4.31. The van der Waals surface area contributed by atoms with E-state index >= 15 is 0 Å². The van der Waals surface area contributed by atoms with Crippen molar-refractivity contribution in [1.29, 1.82) is 0 Å². The zero-order valence-corrected chi connectivity index (χ0v) is 19.8. The van der Waals surface area contributed by atoms with Crippen LogP contribution in [0.3, 0.4) is 0 Å². The zero-order valence-electron chi connectivity index (χ0n) is 19.0. The lowest BCUT2D eigenvalue weighted by Crippen LogP contribution is -2.46.